The van der Waals surface area contributed by atoms with Crippen molar-refractivity contribution in [1.29, 1.82) is 0 Å². The molecule has 0 saturated carbocycles. The average molecular weight is 202 g/mol. The molecule has 1 heterocycles. The Labute approximate surface area is 86.3 Å². The van der Waals surface area contributed by atoms with Gasteiger partial charge in [0, 0.05) is 0 Å². The van der Waals surface area contributed by atoms with Gasteiger partial charge in [-0.3, -0.25) is 0 Å². The Morgan fingerprint density at radius 2 is 2.08 bits per heavy atom. The van der Waals surface area contributed by atoms with E-state index in [1.807, 2.05) is 11.8 Å². The molecule has 0 radical (unpaired) electrons. The summed E-state index contributed by atoms with van der Waals surface area (Å²) in [6.07, 6.45) is 4.69. The third kappa shape index (κ3) is 4.37. The highest BCUT2D eigenvalue weighted by molar-refractivity contribution is 7.99. The lowest BCUT2D eigenvalue weighted by molar-refractivity contribution is 0.0807. The Kier molecular flexibility index (Phi) is 5.18. The maximum Gasteiger partial charge on any atom is 0.0571 e. The predicted octanol–water partition coefficient (Wildman–Crippen LogP) is 2.93. The highest BCUT2D eigenvalue weighted by atomic mass is 32.2. The summed E-state index contributed by atoms with van der Waals surface area (Å²) in [4.78, 5) is 0. The molecule has 78 valence electrons. The number of hydrogen-bond acceptors (Lipinski definition) is 2. The highest BCUT2D eigenvalue weighted by Gasteiger charge is 2.21. The summed E-state index contributed by atoms with van der Waals surface area (Å²) in [5.74, 6) is 3.76. The zero-order valence-corrected chi connectivity index (χ0v) is 9.65. The zero-order chi connectivity index (χ0) is 9.68. The van der Waals surface area contributed by atoms with E-state index in [2.05, 4.69) is 13.8 Å². The topological polar surface area (TPSA) is 20.2 Å². The lowest BCUT2D eigenvalue weighted by Gasteiger charge is -2.22. The summed E-state index contributed by atoms with van der Waals surface area (Å²) in [5.41, 5.74) is 0. The van der Waals surface area contributed by atoms with Crippen LogP contribution in [-0.4, -0.2) is 22.7 Å². The molecule has 0 amide bonds. The normalized spacial score (nSPS) is 27.2. The second-order valence-electron chi connectivity index (χ2n) is 4.50. The van der Waals surface area contributed by atoms with E-state index in [9.17, 15) is 5.11 Å². The Morgan fingerprint density at radius 1 is 1.31 bits per heavy atom. The van der Waals surface area contributed by atoms with E-state index >= 15 is 0 Å². The van der Waals surface area contributed by atoms with Crippen LogP contribution in [-0.2, 0) is 0 Å². The predicted molar refractivity (Wildman–Crippen MR) is 60.1 cm³/mol. The molecule has 0 aromatic rings. The van der Waals surface area contributed by atoms with Crippen molar-refractivity contribution in [3.05, 3.63) is 0 Å². The van der Waals surface area contributed by atoms with Crippen LogP contribution in [0.4, 0.5) is 0 Å². The fraction of sp³-hybridized carbons (Fsp3) is 1.00. The van der Waals surface area contributed by atoms with Crippen LogP contribution in [0.1, 0.15) is 39.5 Å². The van der Waals surface area contributed by atoms with Gasteiger partial charge in [-0.25, -0.2) is 0 Å². The van der Waals surface area contributed by atoms with Gasteiger partial charge in [-0.2, -0.15) is 11.8 Å². The van der Waals surface area contributed by atoms with Crippen LogP contribution in [0.15, 0.2) is 0 Å². The number of thioether (sulfide) groups is 1. The molecule has 2 atom stereocenters. The second kappa shape index (κ2) is 5.92. The van der Waals surface area contributed by atoms with E-state index in [-0.39, 0.29) is 6.10 Å². The summed E-state index contributed by atoms with van der Waals surface area (Å²) >= 11 is 2.04. The summed E-state index contributed by atoms with van der Waals surface area (Å²) < 4.78 is 0. The second-order valence-corrected chi connectivity index (χ2v) is 5.72. The van der Waals surface area contributed by atoms with Crippen LogP contribution < -0.4 is 0 Å². The molecule has 1 aliphatic rings. The molecule has 2 unspecified atom stereocenters. The van der Waals surface area contributed by atoms with Gasteiger partial charge in [-0.05, 0) is 49.0 Å². The Hall–Kier alpha value is 0.310. The molecule has 1 saturated heterocycles. The fourth-order valence-electron chi connectivity index (χ4n) is 1.99. The van der Waals surface area contributed by atoms with Gasteiger partial charge < -0.3 is 5.11 Å². The molecule has 1 aliphatic heterocycles. The molecule has 13 heavy (non-hydrogen) atoms. The van der Waals surface area contributed by atoms with E-state index < -0.39 is 0 Å². The standard InChI is InChI=1S/C11H22OS/c1-9(2)8-11(12)10-4-3-6-13-7-5-10/h9-12H,3-8H2,1-2H3. The average Bonchev–Trinajstić information content (AvgIpc) is 2.29. The van der Waals surface area contributed by atoms with E-state index in [0.717, 1.165) is 6.42 Å². The number of rotatable bonds is 3. The first-order valence-corrected chi connectivity index (χ1v) is 6.61. The van der Waals surface area contributed by atoms with Gasteiger partial charge in [-0.15, -0.1) is 0 Å². The monoisotopic (exact) mass is 202 g/mol. The lowest BCUT2D eigenvalue weighted by Crippen LogP contribution is -2.22. The quantitative estimate of drug-likeness (QED) is 0.759. The maximum absolute atomic E-state index is 9.96. The molecule has 2 heteroatoms. The van der Waals surface area contributed by atoms with Crippen molar-refractivity contribution in [3.8, 4) is 0 Å². The molecule has 0 aromatic carbocycles. The van der Waals surface area contributed by atoms with Crippen LogP contribution in [0.3, 0.4) is 0 Å². The number of aliphatic hydroxyl groups is 1. The zero-order valence-electron chi connectivity index (χ0n) is 8.83. The van der Waals surface area contributed by atoms with Crippen LogP contribution in [0.25, 0.3) is 0 Å². The van der Waals surface area contributed by atoms with Crippen molar-refractivity contribution in [1.82, 2.24) is 0 Å². The first kappa shape index (κ1) is 11.4. The van der Waals surface area contributed by atoms with E-state index in [1.54, 1.807) is 0 Å². The minimum atomic E-state index is -0.0429. The highest BCUT2D eigenvalue weighted by Crippen LogP contribution is 2.27. The Morgan fingerprint density at radius 3 is 2.77 bits per heavy atom. The Bertz CT molecular complexity index is 128. The third-order valence-electron chi connectivity index (χ3n) is 2.75. The van der Waals surface area contributed by atoms with Gasteiger partial charge in [0.2, 0.25) is 0 Å². The van der Waals surface area contributed by atoms with Crippen molar-refractivity contribution in [2.24, 2.45) is 11.8 Å². The van der Waals surface area contributed by atoms with Gasteiger partial charge in [0.15, 0.2) is 0 Å². The van der Waals surface area contributed by atoms with Crippen molar-refractivity contribution in [2.45, 2.75) is 45.6 Å². The van der Waals surface area contributed by atoms with Crippen molar-refractivity contribution >= 4 is 11.8 Å². The minimum absolute atomic E-state index is 0.0429. The summed E-state index contributed by atoms with van der Waals surface area (Å²) in [6.45, 7) is 4.38. The summed E-state index contributed by atoms with van der Waals surface area (Å²) in [6, 6.07) is 0. The smallest absolute Gasteiger partial charge is 0.0571 e. The number of hydrogen-bond donors (Lipinski definition) is 1. The molecule has 1 rings (SSSR count). The van der Waals surface area contributed by atoms with E-state index in [0.29, 0.717) is 11.8 Å². The number of aliphatic hydroxyl groups excluding tert-OH is 1. The van der Waals surface area contributed by atoms with Crippen LogP contribution >= 0.6 is 11.8 Å². The molecular weight excluding hydrogens is 180 g/mol. The molecule has 0 aliphatic carbocycles. The van der Waals surface area contributed by atoms with Crippen molar-refractivity contribution < 1.29 is 5.11 Å². The lowest BCUT2D eigenvalue weighted by atomic mass is 9.89. The fourth-order valence-corrected chi connectivity index (χ4v) is 3.03. The summed E-state index contributed by atoms with van der Waals surface area (Å²) in [5, 5.41) is 9.96. The molecule has 1 nitrogen and oxygen atoms in total. The molecule has 0 bridgehead atoms. The third-order valence-corrected chi connectivity index (χ3v) is 3.86. The van der Waals surface area contributed by atoms with Gasteiger partial charge in [-0.1, -0.05) is 13.8 Å². The van der Waals surface area contributed by atoms with Gasteiger partial charge >= 0.3 is 0 Å². The van der Waals surface area contributed by atoms with E-state index in [4.69, 9.17) is 0 Å². The van der Waals surface area contributed by atoms with Gasteiger partial charge in [0.1, 0.15) is 0 Å². The SMILES string of the molecule is CC(C)CC(O)C1CCCSCC1. The van der Waals surface area contributed by atoms with Crippen LogP contribution in [0.2, 0.25) is 0 Å². The van der Waals surface area contributed by atoms with Gasteiger partial charge in [0.25, 0.3) is 0 Å². The summed E-state index contributed by atoms with van der Waals surface area (Å²) in [7, 11) is 0. The van der Waals surface area contributed by atoms with E-state index in [1.165, 1.54) is 30.8 Å². The minimum Gasteiger partial charge on any atom is -0.393 e. The van der Waals surface area contributed by atoms with Crippen LogP contribution in [0, 0.1) is 11.8 Å². The van der Waals surface area contributed by atoms with Gasteiger partial charge in [0.05, 0.1) is 6.10 Å². The Balaban J connectivity index is 2.30. The molecule has 0 aromatic heterocycles. The van der Waals surface area contributed by atoms with Crippen molar-refractivity contribution in [2.75, 3.05) is 11.5 Å². The molecular formula is C11H22OS. The van der Waals surface area contributed by atoms with Crippen LogP contribution in [0.5, 0.6) is 0 Å². The largest absolute Gasteiger partial charge is 0.393 e. The first-order valence-electron chi connectivity index (χ1n) is 5.46. The molecule has 1 fully saturated rings. The molecule has 1 N–H and O–H groups in total. The maximum atomic E-state index is 9.96. The molecule has 0 spiro atoms. The van der Waals surface area contributed by atoms with Crippen molar-refractivity contribution in [3.63, 3.8) is 0 Å². The first-order chi connectivity index (χ1) is 6.20.